The summed E-state index contributed by atoms with van der Waals surface area (Å²) in [5, 5.41) is 14.3. The van der Waals surface area contributed by atoms with Crippen molar-refractivity contribution >= 4 is 5.52 Å². The zero-order valence-electron chi connectivity index (χ0n) is 9.79. The summed E-state index contributed by atoms with van der Waals surface area (Å²) in [6.45, 7) is 0. The minimum Gasteiger partial charge on any atom is -0.383 e. The van der Waals surface area contributed by atoms with E-state index in [2.05, 4.69) is 5.10 Å². The lowest BCUT2D eigenvalue weighted by atomic mass is 10.0. The van der Waals surface area contributed by atoms with Crippen molar-refractivity contribution in [3.63, 3.8) is 0 Å². The molecule has 0 radical (unpaired) electrons. The van der Waals surface area contributed by atoms with Crippen molar-refractivity contribution in [1.29, 1.82) is 0 Å². The number of halogens is 2. The van der Waals surface area contributed by atoms with E-state index < -0.39 is 17.7 Å². The highest BCUT2D eigenvalue weighted by Gasteiger charge is 2.20. The van der Waals surface area contributed by atoms with E-state index in [1.54, 1.807) is 28.9 Å². The Morgan fingerprint density at radius 3 is 2.74 bits per heavy atom. The van der Waals surface area contributed by atoms with E-state index >= 15 is 0 Å². The Morgan fingerprint density at radius 2 is 1.89 bits per heavy atom. The summed E-state index contributed by atoms with van der Waals surface area (Å²) in [4.78, 5) is 0. The van der Waals surface area contributed by atoms with Crippen molar-refractivity contribution in [2.45, 2.75) is 6.10 Å². The van der Waals surface area contributed by atoms with Gasteiger partial charge < -0.3 is 5.11 Å². The van der Waals surface area contributed by atoms with Crippen LogP contribution in [0.5, 0.6) is 0 Å². The van der Waals surface area contributed by atoms with Crippen molar-refractivity contribution in [2.75, 3.05) is 0 Å². The molecule has 0 aliphatic rings. The van der Waals surface area contributed by atoms with Crippen LogP contribution in [0.25, 0.3) is 5.52 Å². The monoisotopic (exact) mass is 260 g/mol. The summed E-state index contributed by atoms with van der Waals surface area (Å²) in [5.41, 5.74) is 0.988. The van der Waals surface area contributed by atoms with Crippen LogP contribution in [0.15, 0.2) is 48.8 Å². The molecular formula is C14H10F2N2O. The Morgan fingerprint density at radius 1 is 1.05 bits per heavy atom. The molecule has 2 aromatic heterocycles. The molecule has 0 saturated heterocycles. The van der Waals surface area contributed by atoms with Gasteiger partial charge in [0.25, 0.3) is 0 Å². The van der Waals surface area contributed by atoms with E-state index in [1.165, 1.54) is 18.3 Å². The highest BCUT2D eigenvalue weighted by molar-refractivity contribution is 5.56. The first kappa shape index (κ1) is 11.8. The summed E-state index contributed by atoms with van der Waals surface area (Å²) >= 11 is 0. The highest BCUT2D eigenvalue weighted by Crippen LogP contribution is 2.28. The number of hydrogen-bond acceptors (Lipinski definition) is 2. The average Bonchev–Trinajstić information content (AvgIpc) is 2.85. The minimum absolute atomic E-state index is 0.0984. The molecule has 0 spiro atoms. The van der Waals surface area contributed by atoms with Crippen LogP contribution in [0.4, 0.5) is 8.78 Å². The lowest BCUT2D eigenvalue weighted by Gasteiger charge is -2.11. The molecule has 19 heavy (non-hydrogen) atoms. The molecule has 5 heteroatoms. The molecule has 1 aromatic carbocycles. The van der Waals surface area contributed by atoms with Crippen LogP contribution in [0.3, 0.4) is 0 Å². The van der Waals surface area contributed by atoms with Crippen molar-refractivity contribution in [1.82, 2.24) is 9.61 Å². The largest absolute Gasteiger partial charge is 0.383 e. The second kappa shape index (κ2) is 4.44. The van der Waals surface area contributed by atoms with Gasteiger partial charge in [0.1, 0.15) is 6.10 Å². The fourth-order valence-electron chi connectivity index (χ4n) is 2.06. The van der Waals surface area contributed by atoms with Crippen LogP contribution in [0, 0.1) is 11.6 Å². The van der Waals surface area contributed by atoms with Crippen LogP contribution in [0.1, 0.15) is 17.2 Å². The van der Waals surface area contributed by atoms with Gasteiger partial charge in [-0.3, -0.25) is 0 Å². The highest BCUT2D eigenvalue weighted by atomic mass is 19.2. The summed E-state index contributed by atoms with van der Waals surface area (Å²) in [7, 11) is 0. The summed E-state index contributed by atoms with van der Waals surface area (Å²) in [6, 6.07) is 9.07. The average molecular weight is 260 g/mol. The molecule has 0 amide bonds. The molecule has 3 nitrogen and oxygen atoms in total. The van der Waals surface area contributed by atoms with Gasteiger partial charge in [0.2, 0.25) is 0 Å². The van der Waals surface area contributed by atoms with Gasteiger partial charge in [0.05, 0.1) is 11.7 Å². The molecule has 3 aromatic rings. The second-order valence-corrected chi connectivity index (χ2v) is 4.18. The second-order valence-electron chi connectivity index (χ2n) is 4.18. The van der Waals surface area contributed by atoms with Gasteiger partial charge >= 0.3 is 0 Å². The first-order chi connectivity index (χ1) is 9.18. The first-order valence-corrected chi connectivity index (χ1v) is 5.72. The third kappa shape index (κ3) is 1.88. The van der Waals surface area contributed by atoms with Crippen LogP contribution in [-0.2, 0) is 0 Å². The predicted octanol–water partition coefficient (Wildman–Crippen LogP) is 2.69. The third-order valence-corrected chi connectivity index (χ3v) is 3.03. The van der Waals surface area contributed by atoms with Gasteiger partial charge in [-0.2, -0.15) is 5.10 Å². The lowest BCUT2D eigenvalue weighted by molar-refractivity contribution is 0.215. The summed E-state index contributed by atoms with van der Waals surface area (Å²) in [5.74, 6) is -2.02. The van der Waals surface area contributed by atoms with Gasteiger partial charge in [0, 0.05) is 17.3 Å². The lowest BCUT2D eigenvalue weighted by Crippen LogP contribution is -2.04. The van der Waals surface area contributed by atoms with Crippen molar-refractivity contribution in [2.24, 2.45) is 0 Å². The Bertz CT molecular complexity index is 739. The summed E-state index contributed by atoms with van der Waals surface area (Å²) < 4.78 is 28.4. The van der Waals surface area contributed by atoms with E-state index in [1.807, 2.05) is 0 Å². The van der Waals surface area contributed by atoms with Crippen molar-refractivity contribution in [3.8, 4) is 0 Å². The maximum Gasteiger partial charge on any atom is 0.164 e. The smallest absolute Gasteiger partial charge is 0.164 e. The van der Waals surface area contributed by atoms with Gasteiger partial charge in [-0.1, -0.05) is 18.2 Å². The number of benzene rings is 1. The van der Waals surface area contributed by atoms with Crippen LogP contribution in [-0.4, -0.2) is 14.7 Å². The third-order valence-electron chi connectivity index (χ3n) is 3.03. The number of nitrogens with zero attached hydrogens (tertiary/aromatic N) is 2. The molecule has 3 rings (SSSR count). The molecular weight excluding hydrogens is 250 g/mol. The SMILES string of the molecule is OC(c1cccc(F)c1F)c1cnn2ccccc12. The zero-order valence-corrected chi connectivity index (χ0v) is 9.79. The standard InChI is InChI=1S/C14H10F2N2O/c15-11-5-3-4-9(13(11)16)14(19)10-8-17-18-7-2-1-6-12(10)18/h1-8,14,19H. The van der Waals surface area contributed by atoms with E-state index in [4.69, 9.17) is 0 Å². The number of hydrogen-bond donors (Lipinski definition) is 1. The molecule has 0 saturated carbocycles. The number of rotatable bonds is 2. The number of aliphatic hydroxyl groups excluding tert-OH is 1. The number of pyridine rings is 1. The quantitative estimate of drug-likeness (QED) is 0.769. The molecule has 0 fully saturated rings. The number of aromatic nitrogens is 2. The van der Waals surface area contributed by atoms with Crippen molar-refractivity contribution < 1.29 is 13.9 Å². The number of fused-ring (bicyclic) bond motifs is 1. The van der Waals surface area contributed by atoms with Crippen molar-refractivity contribution in [3.05, 3.63) is 71.6 Å². The maximum absolute atomic E-state index is 13.7. The van der Waals surface area contributed by atoms with Crippen LogP contribution >= 0.6 is 0 Å². The zero-order chi connectivity index (χ0) is 13.4. The Hall–Kier alpha value is -2.27. The van der Waals surface area contributed by atoms with Crippen LogP contribution in [0.2, 0.25) is 0 Å². The van der Waals surface area contributed by atoms with Gasteiger partial charge in [-0.25, -0.2) is 13.3 Å². The van der Waals surface area contributed by atoms with E-state index in [0.717, 1.165) is 6.07 Å². The van der Waals surface area contributed by atoms with E-state index in [9.17, 15) is 13.9 Å². The van der Waals surface area contributed by atoms with E-state index in [0.29, 0.717) is 11.1 Å². The molecule has 1 unspecified atom stereocenters. The van der Waals surface area contributed by atoms with Gasteiger partial charge in [-0.15, -0.1) is 0 Å². The summed E-state index contributed by atoms with van der Waals surface area (Å²) in [6.07, 6.45) is 1.91. The van der Waals surface area contributed by atoms with Crippen LogP contribution < -0.4 is 0 Å². The fraction of sp³-hybridized carbons (Fsp3) is 0.0714. The molecule has 96 valence electrons. The Kier molecular flexibility index (Phi) is 2.76. The molecule has 0 bridgehead atoms. The topological polar surface area (TPSA) is 37.5 Å². The van der Waals surface area contributed by atoms with Gasteiger partial charge in [0.15, 0.2) is 11.6 Å². The molecule has 0 aliphatic carbocycles. The molecule has 1 atom stereocenters. The minimum atomic E-state index is -1.25. The Labute approximate surface area is 107 Å². The predicted molar refractivity (Wildman–Crippen MR) is 65.6 cm³/mol. The molecule has 2 heterocycles. The maximum atomic E-state index is 13.7. The normalized spacial score (nSPS) is 12.8. The Balaban J connectivity index is 2.13. The fourth-order valence-corrected chi connectivity index (χ4v) is 2.06. The number of aliphatic hydroxyl groups is 1. The molecule has 1 N–H and O–H groups in total. The molecule has 0 aliphatic heterocycles. The first-order valence-electron chi connectivity index (χ1n) is 5.72. The van der Waals surface area contributed by atoms with E-state index in [-0.39, 0.29) is 5.56 Å². The van der Waals surface area contributed by atoms with Gasteiger partial charge in [-0.05, 0) is 18.2 Å².